The van der Waals surface area contributed by atoms with E-state index in [0.717, 1.165) is 11.3 Å². The van der Waals surface area contributed by atoms with Crippen molar-refractivity contribution in [3.8, 4) is 11.4 Å². The monoisotopic (exact) mass is 260 g/mol. The second kappa shape index (κ2) is 3.98. The molecule has 7 nitrogen and oxygen atoms in total. The molecule has 0 radical (unpaired) electrons. The number of hydrogen-bond acceptors (Lipinski definition) is 4. The van der Waals surface area contributed by atoms with E-state index in [0.29, 0.717) is 18.0 Å². The maximum absolute atomic E-state index is 11.8. The summed E-state index contributed by atoms with van der Waals surface area (Å²) in [5.74, 6) is 1.25. The topological polar surface area (TPSA) is 96.7 Å². The van der Waals surface area contributed by atoms with E-state index in [4.69, 9.17) is 4.42 Å². The highest BCUT2D eigenvalue weighted by atomic mass is 16.3. The van der Waals surface area contributed by atoms with Gasteiger partial charge in [-0.1, -0.05) is 0 Å². The standard InChI is InChI=1S/C12H12N4O3/c1-3-16-10-8(11(17)15-12(16)18)13-9(14-10)7-4-6(2)19-5-7/h4-5H,3H2,1-2H3,(H,13,14)(H,15,17,18). The number of hydrogen-bond donors (Lipinski definition) is 2. The van der Waals surface area contributed by atoms with E-state index < -0.39 is 11.2 Å². The summed E-state index contributed by atoms with van der Waals surface area (Å²) in [4.78, 5) is 32.9. The van der Waals surface area contributed by atoms with Crippen molar-refractivity contribution in [3.05, 3.63) is 38.9 Å². The number of fused-ring (bicyclic) bond motifs is 1. The third kappa shape index (κ3) is 1.70. The van der Waals surface area contributed by atoms with Gasteiger partial charge in [0, 0.05) is 6.54 Å². The lowest BCUT2D eigenvalue weighted by atomic mass is 10.3. The van der Waals surface area contributed by atoms with Crippen LogP contribution in [0.5, 0.6) is 0 Å². The molecule has 98 valence electrons. The minimum absolute atomic E-state index is 0.287. The van der Waals surface area contributed by atoms with Gasteiger partial charge in [-0.15, -0.1) is 0 Å². The normalized spacial score (nSPS) is 11.3. The van der Waals surface area contributed by atoms with Gasteiger partial charge >= 0.3 is 5.69 Å². The Morgan fingerprint density at radius 3 is 2.79 bits per heavy atom. The SMILES string of the molecule is CCn1c(=O)[nH]c(=O)c2[nH]c(-c3coc(C)c3)nc21. The first-order valence-electron chi connectivity index (χ1n) is 5.88. The van der Waals surface area contributed by atoms with Crippen LogP contribution < -0.4 is 11.2 Å². The quantitative estimate of drug-likeness (QED) is 0.718. The summed E-state index contributed by atoms with van der Waals surface area (Å²) in [5, 5.41) is 0. The number of nitrogens with zero attached hydrogens (tertiary/aromatic N) is 2. The molecule has 0 bridgehead atoms. The zero-order valence-electron chi connectivity index (χ0n) is 10.5. The highest BCUT2D eigenvalue weighted by molar-refractivity contribution is 5.75. The second-order valence-electron chi connectivity index (χ2n) is 4.23. The van der Waals surface area contributed by atoms with Gasteiger partial charge < -0.3 is 9.40 Å². The molecule has 0 aliphatic heterocycles. The molecule has 3 heterocycles. The molecule has 3 aromatic rings. The highest BCUT2D eigenvalue weighted by Crippen LogP contribution is 2.20. The van der Waals surface area contributed by atoms with Crippen molar-refractivity contribution in [2.75, 3.05) is 0 Å². The maximum Gasteiger partial charge on any atom is 0.330 e. The number of rotatable bonds is 2. The molecular formula is C12H12N4O3. The molecule has 0 atom stereocenters. The fourth-order valence-electron chi connectivity index (χ4n) is 2.04. The van der Waals surface area contributed by atoms with Crippen molar-refractivity contribution in [1.82, 2.24) is 19.5 Å². The molecule has 0 saturated carbocycles. The summed E-state index contributed by atoms with van der Waals surface area (Å²) < 4.78 is 6.62. The lowest BCUT2D eigenvalue weighted by Crippen LogP contribution is -2.29. The smallest absolute Gasteiger partial charge is 0.330 e. The molecular weight excluding hydrogens is 248 g/mol. The fraction of sp³-hybridized carbons (Fsp3) is 0.250. The van der Waals surface area contributed by atoms with E-state index >= 15 is 0 Å². The summed E-state index contributed by atoms with van der Waals surface area (Å²) in [7, 11) is 0. The van der Waals surface area contributed by atoms with Crippen molar-refractivity contribution in [2.45, 2.75) is 20.4 Å². The van der Waals surface area contributed by atoms with E-state index in [1.54, 1.807) is 12.3 Å². The van der Waals surface area contributed by atoms with E-state index in [2.05, 4.69) is 15.0 Å². The van der Waals surface area contributed by atoms with Crippen LogP contribution in [0.1, 0.15) is 12.7 Å². The number of furan rings is 1. The molecule has 0 aliphatic carbocycles. The molecule has 3 rings (SSSR count). The average molecular weight is 260 g/mol. The van der Waals surface area contributed by atoms with E-state index in [1.807, 2.05) is 13.8 Å². The first-order chi connectivity index (χ1) is 9.10. The predicted octanol–water partition coefficient (Wildman–Crippen LogP) is 1.00. The third-order valence-electron chi connectivity index (χ3n) is 2.95. The summed E-state index contributed by atoms with van der Waals surface area (Å²) in [6.45, 7) is 4.07. The van der Waals surface area contributed by atoms with Crippen LogP contribution in [0.2, 0.25) is 0 Å². The van der Waals surface area contributed by atoms with Gasteiger partial charge in [0.1, 0.15) is 23.4 Å². The van der Waals surface area contributed by atoms with Gasteiger partial charge in [-0.25, -0.2) is 9.78 Å². The van der Waals surface area contributed by atoms with Crippen LogP contribution in [0.3, 0.4) is 0 Å². The van der Waals surface area contributed by atoms with E-state index in [9.17, 15) is 9.59 Å². The summed E-state index contributed by atoms with van der Waals surface area (Å²) in [5.41, 5.74) is 0.452. The van der Waals surface area contributed by atoms with Gasteiger partial charge in [-0.2, -0.15) is 0 Å². The third-order valence-corrected chi connectivity index (χ3v) is 2.95. The van der Waals surface area contributed by atoms with Gasteiger partial charge in [0.25, 0.3) is 5.56 Å². The van der Waals surface area contributed by atoms with Gasteiger partial charge in [-0.05, 0) is 19.9 Å². The predicted molar refractivity (Wildman–Crippen MR) is 69.1 cm³/mol. The fourth-order valence-corrected chi connectivity index (χ4v) is 2.04. The van der Waals surface area contributed by atoms with Crippen molar-refractivity contribution < 1.29 is 4.42 Å². The first-order valence-corrected chi connectivity index (χ1v) is 5.88. The van der Waals surface area contributed by atoms with Gasteiger partial charge in [-0.3, -0.25) is 14.3 Å². The zero-order chi connectivity index (χ0) is 13.6. The van der Waals surface area contributed by atoms with Crippen LogP contribution in [0.15, 0.2) is 26.3 Å². The number of H-pyrrole nitrogens is 2. The van der Waals surface area contributed by atoms with Crippen LogP contribution in [-0.2, 0) is 6.54 Å². The summed E-state index contributed by atoms with van der Waals surface area (Å²) in [6, 6.07) is 1.81. The lowest BCUT2D eigenvalue weighted by molar-refractivity contribution is 0.534. The Labute approximate surface area is 106 Å². The summed E-state index contributed by atoms with van der Waals surface area (Å²) >= 11 is 0. The molecule has 0 unspecified atom stereocenters. The number of aromatic nitrogens is 4. The largest absolute Gasteiger partial charge is 0.469 e. The Hall–Kier alpha value is -2.57. The molecule has 0 aromatic carbocycles. The molecule has 3 aromatic heterocycles. The molecule has 0 aliphatic rings. The average Bonchev–Trinajstić information content (AvgIpc) is 2.96. The van der Waals surface area contributed by atoms with Crippen LogP contribution in [0.25, 0.3) is 22.6 Å². The first kappa shape index (κ1) is 11.5. The minimum Gasteiger partial charge on any atom is -0.469 e. The highest BCUT2D eigenvalue weighted by Gasteiger charge is 2.14. The Morgan fingerprint density at radius 2 is 2.16 bits per heavy atom. The molecule has 0 saturated heterocycles. The minimum atomic E-state index is -0.469. The second-order valence-corrected chi connectivity index (χ2v) is 4.23. The van der Waals surface area contributed by atoms with E-state index in [1.165, 1.54) is 4.57 Å². The van der Waals surface area contributed by atoms with Gasteiger partial charge in [0.15, 0.2) is 5.65 Å². The number of aromatic amines is 2. The Bertz CT molecular complexity index is 865. The van der Waals surface area contributed by atoms with Crippen molar-refractivity contribution >= 4 is 11.2 Å². The van der Waals surface area contributed by atoms with Crippen molar-refractivity contribution in [2.24, 2.45) is 0 Å². The summed E-state index contributed by atoms with van der Waals surface area (Å²) in [6.07, 6.45) is 1.55. The molecule has 2 N–H and O–H groups in total. The Balaban J connectivity index is 2.34. The van der Waals surface area contributed by atoms with Crippen molar-refractivity contribution in [3.63, 3.8) is 0 Å². The number of aryl methyl sites for hydroxylation is 2. The van der Waals surface area contributed by atoms with Crippen LogP contribution in [0, 0.1) is 6.92 Å². The molecule has 0 fully saturated rings. The lowest BCUT2D eigenvalue weighted by Gasteiger charge is -1.99. The van der Waals surface area contributed by atoms with Crippen molar-refractivity contribution in [1.29, 1.82) is 0 Å². The van der Waals surface area contributed by atoms with Gasteiger partial charge in [0.05, 0.1) is 5.56 Å². The molecule has 0 spiro atoms. The van der Waals surface area contributed by atoms with Crippen LogP contribution in [-0.4, -0.2) is 19.5 Å². The van der Waals surface area contributed by atoms with Crippen LogP contribution >= 0.6 is 0 Å². The molecule has 19 heavy (non-hydrogen) atoms. The maximum atomic E-state index is 11.8. The molecule has 0 amide bonds. The molecule has 7 heteroatoms. The number of imidazole rings is 1. The zero-order valence-corrected chi connectivity index (χ0v) is 10.5. The Morgan fingerprint density at radius 1 is 1.37 bits per heavy atom. The Kier molecular flexibility index (Phi) is 2.41. The van der Waals surface area contributed by atoms with Gasteiger partial charge in [0.2, 0.25) is 0 Å². The number of nitrogens with one attached hydrogen (secondary N) is 2. The van der Waals surface area contributed by atoms with Crippen LogP contribution in [0.4, 0.5) is 0 Å². The van der Waals surface area contributed by atoms with E-state index in [-0.39, 0.29) is 5.52 Å².